The topological polar surface area (TPSA) is 67.5 Å². The first-order valence-electron chi connectivity index (χ1n) is 8.39. The second kappa shape index (κ2) is 6.38. The molecule has 24 heavy (non-hydrogen) atoms. The van der Waals surface area contributed by atoms with Gasteiger partial charge in [-0.2, -0.15) is 0 Å². The third kappa shape index (κ3) is 2.81. The molecule has 0 amide bonds. The van der Waals surface area contributed by atoms with Crippen LogP contribution in [0.3, 0.4) is 0 Å². The fourth-order valence-corrected chi connectivity index (χ4v) is 4.53. The number of benzene rings is 1. The third-order valence-electron chi connectivity index (χ3n) is 5.50. The Morgan fingerprint density at radius 1 is 1.17 bits per heavy atom. The lowest BCUT2D eigenvalue weighted by molar-refractivity contribution is 0.237. The number of hydrogen-bond donors (Lipinski definition) is 1. The van der Waals surface area contributed by atoms with Crippen molar-refractivity contribution in [3.8, 4) is 5.75 Å². The zero-order valence-electron chi connectivity index (χ0n) is 13.9. The zero-order chi connectivity index (χ0) is 16.6. The molecule has 1 aromatic heterocycles. The molecule has 128 valence electrons. The second-order valence-corrected chi connectivity index (χ2v) is 7.51. The normalized spacial score (nSPS) is 20.8. The summed E-state index contributed by atoms with van der Waals surface area (Å²) in [5.74, 6) is 1.87. The summed E-state index contributed by atoms with van der Waals surface area (Å²) in [4.78, 5) is 11.4. The number of anilines is 1. The van der Waals surface area contributed by atoms with E-state index in [1.54, 1.807) is 13.4 Å². The van der Waals surface area contributed by atoms with E-state index in [4.69, 9.17) is 9.88 Å². The number of nitrogens with two attached hydrogens (primary N) is 1. The predicted octanol–water partition coefficient (Wildman–Crippen LogP) is 2.45. The van der Waals surface area contributed by atoms with E-state index in [0.29, 0.717) is 5.41 Å². The Bertz CT molecular complexity index is 732. The Kier molecular flexibility index (Phi) is 4.24. The molecule has 2 aliphatic heterocycles. The van der Waals surface area contributed by atoms with Crippen LogP contribution in [-0.4, -0.2) is 47.6 Å². The number of rotatable bonds is 3. The minimum Gasteiger partial charge on any atom is -0.497 e. The molecule has 3 heterocycles. The van der Waals surface area contributed by atoms with Gasteiger partial charge in [-0.1, -0.05) is 0 Å². The maximum absolute atomic E-state index is 5.74. The van der Waals surface area contributed by atoms with E-state index >= 15 is 0 Å². The first kappa shape index (κ1) is 15.9. The molecule has 0 unspecified atom stereocenters. The van der Waals surface area contributed by atoms with Crippen molar-refractivity contribution in [2.24, 2.45) is 10.6 Å². The van der Waals surface area contributed by atoms with Crippen LogP contribution in [0.2, 0.25) is 0 Å². The predicted molar refractivity (Wildman–Crippen MR) is 97.9 cm³/mol. The van der Waals surface area contributed by atoms with Gasteiger partial charge in [0.1, 0.15) is 17.9 Å². The molecule has 6 nitrogen and oxygen atoms in total. The lowest BCUT2D eigenvalue weighted by Gasteiger charge is -2.40. The van der Waals surface area contributed by atoms with Crippen LogP contribution in [0.5, 0.6) is 5.75 Å². The largest absolute Gasteiger partial charge is 0.497 e. The lowest BCUT2D eigenvalue weighted by atomic mass is 9.78. The van der Waals surface area contributed by atoms with Crippen molar-refractivity contribution in [3.05, 3.63) is 24.5 Å². The van der Waals surface area contributed by atoms with E-state index in [0.717, 1.165) is 48.6 Å². The second-order valence-electron chi connectivity index (χ2n) is 6.79. The Hall–Kier alpha value is -1.57. The van der Waals surface area contributed by atoms with Crippen LogP contribution in [0.1, 0.15) is 19.3 Å². The van der Waals surface area contributed by atoms with Gasteiger partial charge in [-0.3, -0.25) is 5.14 Å². The molecule has 0 bridgehead atoms. The molecule has 2 N–H and O–H groups in total. The average Bonchev–Trinajstić information content (AvgIpc) is 3.04. The van der Waals surface area contributed by atoms with Crippen molar-refractivity contribution in [1.29, 1.82) is 0 Å². The van der Waals surface area contributed by atoms with Gasteiger partial charge in [-0.05, 0) is 42.9 Å². The molecule has 2 aromatic rings. The van der Waals surface area contributed by atoms with Crippen molar-refractivity contribution in [2.75, 3.05) is 38.2 Å². The van der Waals surface area contributed by atoms with Gasteiger partial charge in [0.15, 0.2) is 0 Å². The Labute approximate surface area is 146 Å². The summed E-state index contributed by atoms with van der Waals surface area (Å²) in [5.41, 5.74) is 1.40. The number of piperidine rings is 1. The Morgan fingerprint density at radius 3 is 2.67 bits per heavy atom. The lowest BCUT2D eigenvalue weighted by Crippen LogP contribution is -2.41. The van der Waals surface area contributed by atoms with Gasteiger partial charge < -0.3 is 9.64 Å². The van der Waals surface area contributed by atoms with Gasteiger partial charge in [0.2, 0.25) is 0 Å². The molecule has 0 saturated carbocycles. The minimum atomic E-state index is 0.434. The molecule has 2 aliphatic rings. The fourth-order valence-electron chi connectivity index (χ4n) is 3.99. The highest BCUT2D eigenvalue weighted by Crippen LogP contribution is 2.42. The number of ether oxygens (including phenoxy) is 1. The van der Waals surface area contributed by atoms with Crippen LogP contribution in [0.15, 0.2) is 24.5 Å². The average molecular weight is 345 g/mol. The van der Waals surface area contributed by atoms with Gasteiger partial charge >= 0.3 is 0 Å². The van der Waals surface area contributed by atoms with Crippen LogP contribution in [0, 0.1) is 5.41 Å². The van der Waals surface area contributed by atoms with Crippen LogP contribution in [-0.2, 0) is 0 Å². The smallest absolute Gasteiger partial charge is 0.140 e. The molecule has 1 aromatic carbocycles. The highest BCUT2D eigenvalue weighted by atomic mass is 32.2. The highest BCUT2D eigenvalue weighted by molar-refractivity contribution is 7.94. The maximum Gasteiger partial charge on any atom is 0.140 e. The van der Waals surface area contributed by atoms with E-state index < -0.39 is 0 Å². The van der Waals surface area contributed by atoms with Crippen molar-refractivity contribution in [3.63, 3.8) is 0 Å². The summed E-state index contributed by atoms with van der Waals surface area (Å²) < 4.78 is 7.66. The molecule has 2 fully saturated rings. The van der Waals surface area contributed by atoms with Crippen molar-refractivity contribution in [2.45, 2.75) is 19.3 Å². The van der Waals surface area contributed by atoms with Crippen LogP contribution >= 0.6 is 12.1 Å². The summed E-state index contributed by atoms with van der Waals surface area (Å²) in [6.07, 6.45) is 5.30. The van der Waals surface area contributed by atoms with Crippen LogP contribution < -0.4 is 14.8 Å². The van der Waals surface area contributed by atoms with Gasteiger partial charge in [-0.25, -0.2) is 14.3 Å². The summed E-state index contributed by atoms with van der Waals surface area (Å²) in [6.45, 7) is 4.29. The van der Waals surface area contributed by atoms with Crippen molar-refractivity contribution >= 4 is 28.9 Å². The maximum atomic E-state index is 5.74. The van der Waals surface area contributed by atoms with E-state index in [-0.39, 0.29) is 0 Å². The van der Waals surface area contributed by atoms with E-state index in [9.17, 15) is 0 Å². The SMILES string of the molecule is COc1ccc2ncnc(N3CCC4(CCN(SN)C4)CC3)c2c1. The Balaban J connectivity index is 1.56. The molecule has 4 rings (SSSR count). The molecule has 0 radical (unpaired) electrons. The van der Waals surface area contributed by atoms with Gasteiger partial charge in [0, 0.05) is 43.7 Å². The monoisotopic (exact) mass is 345 g/mol. The quantitative estimate of drug-likeness (QED) is 0.857. The molecule has 1 spiro atoms. The van der Waals surface area contributed by atoms with Gasteiger partial charge in [0.25, 0.3) is 0 Å². The summed E-state index contributed by atoms with van der Waals surface area (Å²) in [5, 5.41) is 6.80. The number of fused-ring (bicyclic) bond motifs is 1. The summed E-state index contributed by atoms with van der Waals surface area (Å²) in [7, 11) is 1.69. The van der Waals surface area contributed by atoms with Gasteiger partial charge in [0.05, 0.1) is 12.6 Å². The van der Waals surface area contributed by atoms with Crippen molar-refractivity contribution in [1.82, 2.24) is 14.3 Å². The molecule has 0 aliphatic carbocycles. The summed E-state index contributed by atoms with van der Waals surface area (Å²) in [6, 6.07) is 5.98. The third-order valence-corrected chi connectivity index (χ3v) is 6.11. The number of aromatic nitrogens is 2. The molecular formula is C17H23N5OS. The fraction of sp³-hybridized carbons (Fsp3) is 0.529. The standard InChI is InChI=1S/C17H23N5OS/c1-23-13-2-3-15-14(10-13)16(20-12-19-15)21-7-4-17(5-8-21)6-9-22(11-17)24-18/h2-3,10,12H,4-9,11,18H2,1H3. The van der Waals surface area contributed by atoms with Gasteiger partial charge in [-0.15, -0.1) is 0 Å². The molecule has 0 atom stereocenters. The van der Waals surface area contributed by atoms with E-state index in [2.05, 4.69) is 19.2 Å². The molecular weight excluding hydrogens is 322 g/mol. The number of hydrogen-bond acceptors (Lipinski definition) is 7. The molecule has 7 heteroatoms. The zero-order valence-corrected chi connectivity index (χ0v) is 14.8. The highest BCUT2D eigenvalue weighted by Gasteiger charge is 2.41. The molecule has 2 saturated heterocycles. The van der Waals surface area contributed by atoms with Crippen LogP contribution in [0.4, 0.5) is 5.82 Å². The minimum absolute atomic E-state index is 0.434. The van der Waals surface area contributed by atoms with E-state index in [1.807, 2.05) is 18.2 Å². The first-order chi connectivity index (χ1) is 11.7. The van der Waals surface area contributed by atoms with E-state index in [1.165, 1.54) is 31.4 Å². The van der Waals surface area contributed by atoms with Crippen LogP contribution in [0.25, 0.3) is 10.9 Å². The number of methoxy groups -OCH3 is 1. The van der Waals surface area contributed by atoms with Crippen molar-refractivity contribution < 1.29 is 4.74 Å². The first-order valence-corrected chi connectivity index (χ1v) is 9.22. The Morgan fingerprint density at radius 2 is 1.96 bits per heavy atom. The summed E-state index contributed by atoms with van der Waals surface area (Å²) >= 11 is 1.39. The number of nitrogens with zero attached hydrogens (tertiary/aromatic N) is 4.